The van der Waals surface area contributed by atoms with Crippen LogP contribution in [0.4, 0.5) is 0 Å². The van der Waals surface area contributed by atoms with Crippen LogP contribution < -0.4 is 27.0 Å². The summed E-state index contributed by atoms with van der Waals surface area (Å²) in [6.07, 6.45) is 1.18. The van der Waals surface area contributed by atoms with Crippen molar-refractivity contribution in [1.82, 2.24) is 31.4 Å². The van der Waals surface area contributed by atoms with Gasteiger partial charge in [-0.15, -0.1) is 0 Å². The minimum Gasteiger partial charge on any atom is -0.507 e. The number of carbonyl (C=O) groups excluding carboxylic acids is 6. The first-order valence-corrected chi connectivity index (χ1v) is 14.1. The Hall–Kier alpha value is -4.32. The van der Waals surface area contributed by atoms with Crippen LogP contribution in [0.15, 0.2) is 24.3 Å². The van der Waals surface area contributed by atoms with E-state index >= 15 is 0 Å². The number of carbonyl (C=O) groups is 6. The van der Waals surface area contributed by atoms with E-state index in [1.54, 1.807) is 7.05 Å². The third-order valence-electron chi connectivity index (χ3n) is 6.79. The maximum absolute atomic E-state index is 12.5. The lowest BCUT2D eigenvalue weighted by Gasteiger charge is -2.29. The average Bonchev–Trinajstić information content (AvgIpc) is 2.99. The van der Waals surface area contributed by atoms with E-state index in [0.29, 0.717) is 23.0 Å². The topological polar surface area (TPSA) is 253 Å². The van der Waals surface area contributed by atoms with Crippen LogP contribution in [-0.4, -0.2) is 119 Å². The highest BCUT2D eigenvalue weighted by Gasteiger charge is 2.31. The lowest BCUT2D eigenvalue weighted by atomic mass is 10.0. The summed E-state index contributed by atoms with van der Waals surface area (Å²) in [4.78, 5) is 73.4. The molecule has 1 aliphatic rings. The Morgan fingerprint density at radius 3 is 2.55 bits per heavy atom. The predicted molar refractivity (Wildman–Crippen MR) is 152 cm³/mol. The number of piperidine rings is 1. The number of phenolic OH excluding ortho intramolecular Hbond substituents is 1. The molecule has 5 amide bonds. The molecule has 0 aliphatic carbocycles. The lowest BCUT2D eigenvalue weighted by molar-refractivity contribution is -0.173. The summed E-state index contributed by atoms with van der Waals surface area (Å²) in [5.41, 5.74) is 5.63. The zero-order valence-electron chi connectivity index (χ0n) is 24.7. The first-order chi connectivity index (χ1) is 20.8. The minimum atomic E-state index is -1.29. The first-order valence-electron chi connectivity index (χ1n) is 14.1. The third kappa shape index (κ3) is 11.1. The lowest BCUT2D eigenvalue weighted by Crippen LogP contribution is -2.54. The molecule has 1 aromatic carbocycles. The zero-order valence-corrected chi connectivity index (χ0v) is 24.7. The molecule has 0 saturated carbocycles. The molecule has 0 spiro atoms. The van der Waals surface area contributed by atoms with E-state index in [-0.39, 0.29) is 50.2 Å². The Balaban J connectivity index is 1.65. The van der Waals surface area contributed by atoms with Crippen molar-refractivity contribution in [2.45, 2.75) is 63.2 Å². The van der Waals surface area contributed by atoms with Crippen LogP contribution in [0.5, 0.6) is 5.75 Å². The standard InChI is InChI=1S/C27H41N7O10/c1-16(31-24(38)18(28)15-44-27(41)17-7-3-4-10-21(17)35)23(37)30-12-11-22(36)33(42)13-5-8-19(29-2)25(39)32-20-9-6-14-34(43)26(20)40/h3-4,7,10,16,18-20,29,35,42-43H,5-6,8-9,11-15,28H2,1-2H3,(H,30,37)(H,31,38)(H,32,39)/t16-,18+,19+,20-/m0/s1. The van der Waals surface area contributed by atoms with Gasteiger partial charge in [0.15, 0.2) is 0 Å². The van der Waals surface area contributed by atoms with E-state index in [1.165, 1.54) is 31.2 Å². The van der Waals surface area contributed by atoms with Gasteiger partial charge in [0.1, 0.15) is 36.0 Å². The van der Waals surface area contributed by atoms with Crippen molar-refractivity contribution in [2.75, 3.05) is 33.3 Å². The first kappa shape index (κ1) is 35.9. The largest absolute Gasteiger partial charge is 0.507 e. The number of esters is 1. The predicted octanol–water partition coefficient (Wildman–Crippen LogP) is -2.03. The van der Waals surface area contributed by atoms with Gasteiger partial charge in [0.2, 0.25) is 23.6 Å². The third-order valence-corrected chi connectivity index (χ3v) is 6.79. The normalized spacial score (nSPS) is 16.7. The Morgan fingerprint density at radius 2 is 1.86 bits per heavy atom. The van der Waals surface area contributed by atoms with Crippen LogP contribution in [0.25, 0.3) is 0 Å². The summed E-state index contributed by atoms with van der Waals surface area (Å²) in [7, 11) is 1.56. The summed E-state index contributed by atoms with van der Waals surface area (Å²) in [5.74, 6) is -4.28. The van der Waals surface area contributed by atoms with Crippen LogP contribution in [-0.2, 0) is 28.7 Å². The smallest absolute Gasteiger partial charge is 0.341 e. The van der Waals surface area contributed by atoms with Crippen molar-refractivity contribution >= 4 is 35.5 Å². The second-order valence-electron chi connectivity index (χ2n) is 10.2. The summed E-state index contributed by atoms with van der Waals surface area (Å²) < 4.78 is 4.95. The Morgan fingerprint density at radius 1 is 1.16 bits per heavy atom. The molecule has 0 aromatic heterocycles. The molecular formula is C27H41N7O10. The monoisotopic (exact) mass is 623 g/mol. The van der Waals surface area contributed by atoms with Crippen LogP contribution in [0.1, 0.15) is 49.4 Å². The fourth-order valence-electron chi connectivity index (χ4n) is 4.17. The van der Waals surface area contributed by atoms with Gasteiger partial charge < -0.3 is 36.8 Å². The van der Waals surface area contributed by atoms with Crippen LogP contribution in [0.2, 0.25) is 0 Å². The molecule has 0 unspecified atom stereocenters. The highest BCUT2D eigenvalue weighted by Crippen LogP contribution is 2.16. The van der Waals surface area contributed by atoms with Crippen molar-refractivity contribution in [3.05, 3.63) is 29.8 Å². The Kier molecular flexibility index (Phi) is 14.4. The van der Waals surface area contributed by atoms with E-state index in [2.05, 4.69) is 21.3 Å². The molecule has 44 heavy (non-hydrogen) atoms. The van der Waals surface area contributed by atoms with Crippen molar-refractivity contribution in [3.8, 4) is 5.75 Å². The van der Waals surface area contributed by atoms with Gasteiger partial charge >= 0.3 is 5.97 Å². The number of ether oxygens (including phenoxy) is 1. The van der Waals surface area contributed by atoms with E-state index in [0.717, 1.165) is 0 Å². The number of phenols is 1. The van der Waals surface area contributed by atoms with Crippen molar-refractivity contribution in [3.63, 3.8) is 0 Å². The number of aromatic hydroxyl groups is 1. The number of para-hydroxylation sites is 1. The van der Waals surface area contributed by atoms with E-state index in [1.807, 2.05) is 0 Å². The summed E-state index contributed by atoms with van der Waals surface area (Å²) in [5, 5.41) is 40.6. The fourth-order valence-corrected chi connectivity index (χ4v) is 4.17. The number of hydrogen-bond donors (Lipinski definition) is 8. The van der Waals surface area contributed by atoms with Crippen LogP contribution in [0.3, 0.4) is 0 Å². The molecule has 1 fully saturated rings. The number of hydrogen-bond acceptors (Lipinski definition) is 12. The highest BCUT2D eigenvalue weighted by molar-refractivity contribution is 5.93. The average molecular weight is 624 g/mol. The molecule has 1 aliphatic heterocycles. The Labute approximate surface area is 254 Å². The maximum Gasteiger partial charge on any atom is 0.341 e. The van der Waals surface area contributed by atoms with Gasteiger partial charge in [0, 0.05) is 26.1 Å². The second kappa shape index (κ2) is 17.7. The highest BCUT2D eigenvalue weighted by atomic mass is 16.5. The molecule has 0 bridgehead atoms. The van der Waals surface area contributed by atoms with E-state index in [9.17, 15) is 44.3 Å². The quantitative estimate of drug-likeness (QED) is 0.0564. The molecule has 1 aromatic rings. The van der Waals surface area contributed by atoms with Crippen LogP contribution in [0, 0.1) is 0 Å². The summed E-state index contributed by atoms with van der Waals surface area (Å²) in [6.45, 7) is 0.851. The van der Waals surface area contributed by atoms with E-state index in [4.69, 9.17) is 10.5 Å². The molecule has 9 N–H and O–H groups in total. The molecule has 0 radical (unpaired) electrons. The number of nitrogens with zero attached hydrogens (tertiary/aromatic N) is 2. The number of nitrogens with one attached hydrogen (secondary N) is 4. The Bertz CT molecular complexity index is 1180. The molecule has 2 rings (SSSR count). The van der Waals surface area contributed by atoms with Gasteiger partial charge in [0.25, 0.3) is 5.91 Å². The molecule has 17 nitrogen and oxygen atoms in total. The molecule has 1 heterocycles. The summed E-state index contributed by atoms with van der Waals surface area (Å²) >= 11 is 0. The molecule has 4 atom stereocenters. The molecule has 17 heteroatoms. The van der Waals surface area contributed by atoms with Gasteiger partial charge in [-0.1, -0.05) is 12.1 Å². The number of rotatable bonds is 16. The SMILES string of the molecule is CN[C@H](CCCN(O)C(=O)CCNC(=O)[C@H](C)NC(=O)[C@H](N)COC(=O)c1ccccc1O)C(=O)N[C@H]1CCCN(O)C1=O. The fraction of sp³-hybridized carbons (Fsp3) is 0.556. The number of nitrogens with two attached hydrogens (primary N) is 1. The van der Waals surface area contributed by atoms with Crippen molar-refractivity contribution in [1.29, 1.82) is 0 Å². The number of amides is 5. The molecule has 244 valence electrons. The van der Waals surface area contributed by atoms with E-state index < -0.39 is 66.3 Å². The van der Waals surface area contributed by atoms with Gasteiger partial charge in [0.05, 0.1) is 6.04 Å². The number of benzene rings is 1. The molecule has 1 saturated heterocycles. The maximum atomic E-state index is 12.5. The van der Waals surface area contributed by atoms with Gasteiger partial charge in [-0.2, -0.15) is 0 Å². The van der Waals surface area contributed by atoms with Crippen molar-refractivity contribution in [2.24, 2.45) is 5.73 Å². The molecular weight excluding hydrogens is 582 g/mol. The second-order valence-corrected chi connectivity index (χ2v) is 10.2. The minimum absolute atomic E-state index is 0.0934. The zero-order chi connectivity index (χ0) is 32.8. The summed E-state index contributed by atoms with van der Waals surface area (Å²) in [6, 6.07) is 1.83. The van der Waals surface area contributed by atoms with Gasteiger partial charge in [-0.25, -0.2) is 14.9 Å². The van der Waals surface area contributed by atoms with Gasteiger partial charge in [-0.05, 0) is 51.8 Å². The van der Waals surface area contributed by atoms with Crippen LogP contribution >= 0.6 is 0 Å². The number of likely N-dealkylation sites (N-methyl/N-ethyl adjacent to an activating group) is 1. The van der Waals surface area contributed by atoms with Gasteiger partial charge in [-0.3, -0.25) is 34.4 Å². The number of hydroxylamine groups is 4. The van der Waals surface area contributed by atoms with Crippen molar-refractivity contribution < 1.29 is 49.0 Å².